The number of nitrogens with zero attached hydrogens (tertiary/aromatic N) is 2. The normalized spacial score (nSPS) is 16.2. The summed E-state index contributed by atoms with van der Waals surface area (Å²) < 4.78 is 11.5. The summed E-state index contributed by atoms with van der Waals surface area (Å²) in [5.74, 6) is 0.614. The molecular formula is C19H18Cl2N2O3. The molecule has 0 aromatic heterocycles. The maximum atomic E-state index is 11.9. The van der Waals surface area contributed by atoms with Crippen molar-refractivity contribution in [3.8, 4) is 5.75 Å². The van der Waals surface area contributed by atoms with Gasteiger partial charge in [-0.2, -0.15) is 5.01 Å². The highest BCUT2D eigenvalue weighted by atomic mass is 35.5. The van der Waals surface area contributed by atoms with Gasteiger partial charge in [-0.05, 0) is 42.3 Å². The van der Waals surface area contributed by atoms with Crippen LogP contribution in [0.15, 0.2) is 47.6 Å². The van der Waals surface area contributed by atoms with Crippen molar-refractivity contribution in [1.82, 2.24) is 5.01 Å². The molecule has 0 saturated carbocycles. The van der Waals surface area contributed by atoms with E-state index in [-0.39, 0.29) is 12.5 Å². The molecule has 0 fully saturated rings. The molecule has 2 aromatic carbocycles. The van der Waals surface area contributed by atoms with Crippen molar-refractivity contribution in [2.24, 2.45) is 5.10 Å². The van der Waals surface area contributed by atoms with Crippen LogP contribution in [-0.4, -0.2) is 29.6 Å². The van der Waals surface area contributed by atoms with Crippen molar-refractivity contribution < 1.29 is 14.3 Å². The molecule has 26 heavy (non-hydrogen) atoms. The van der Waals surface area contributed by atoms with Crippen LogP contribution in [0.3, 0.4) is 0 Å². The fraction of sp³-hybridized carbons (Fsp3) is 0.263. The molecule has 0 radical (unpaired) electrons. The zero-order chi connectivity index (χ0) is 18.7. The lowest BCUT2D eigenvalue weighted by Crippen LogP contribution is -2.36. The van der Waals surface area contributed by atoms with Gasteiger partial charge in [0.25, 0.3) is 0 Å². The van der Waals surface area contributed by atoms with E-state index in [2.05, 4.69) is 12.0 Å². The summed E-state index contributed by atoms with van der Waals surface area (Å²) in [6.45, 7) is 3.60. The summed E-state index contributed by atoms with van der Waals surface area (Å²) in [5, 5.41) is 6.47. The van der Waals surface area contributed by atoms with E-state index in [9.17, 15) is 4.79 Å². The van der Waals surface area contributed by atoms with E-state index >= 15 is 0 Å². The Morgan fingerprint density at radius 2 is 1.96 bits per heavy atom. The molecule has 136 valence electrons. The first kappa shape index (κ1) is 18.5. The summed E-state index contributed by atoms with van der Waals surface area (Å²) in [7, 11) is 0. The monoisotopic (exact) mass is 392 g/mol. The van der Waals surface area contributed by atoms with Crippen molar-refractivity contribution in [2.75, 3.05) is 6.61 Å². The molecule has 1 atom stereocenters. The summed E-state index contributed by atoms with van der Waals surface area (Å²) in [6, 6.07) is 12.8. The molecule has 0 bridgehead atoms. The predicted octanol–water partition coefficient (Wildman–Crippen LogP) is 4.50. The Labute approximate surface area is 162 Å². The Bertz CT molecular complexity index is 837. The van der Waals surface area contributed by atoms with Gasteiger partial charge in [0.1, 0.15) is 12.4 Å². The number of hydrogen-bond acceptors (Lipinski definition) is 4. The number of hydrazone groups is 1. The molecule has 3 rings (SSSR count). The maximum Gasteiger partial charge on any atom is 0.243 e. The van der Waals surface area contributed by atoms with E-state index in [0.29, 0.717) is 21.7 Å². The van der Waals surface area contributed by atoms with Crippen LogP contribution in [-0.2, 0) is 16.0 Å². The van der Waals surface area contributed by atoms with Gasteiger partial charge in [0.05, 0.1) is 5.02 Å². The largest absolute Gasteiger partial charge is 0.486 e. The Hall–Kier alpha value is -2.24. The molecule has 7 heteroatoms. The Kier molecular flexibility index (Phi) is 5.69. The highest BCUT2D eigenvalue weighted by molar-refractivity contribution is 6.35. The Morgan fingerprint density at radius 1 is 1.23 bits per heavy atom. The molecule has 0 unspecified atom stereocenters. The number of ether oxygens (including phenoxy) is 2. The highest BCUT2D eigenvalue weighted by Crippen LogP contribution is 2.28. The second-order valence-corrected chi connectivity index (χ2v) is 6.62. The number of aryl methyl sites for hydroxylation is 1. The van der Waals surface area contributed by atoms with Gasteiger partial charge >= 0.3 is 0 Å². The van der Waals surface area contributed by atoms with Crippen LogP contribution >= 0.6 is 23.2 Å². The summed E-state index contributed by atoms with van der Waals surface area (Å²) in [4.78, 5) is 11.9. The number of rotatable bonds is 5. The second kappa shape index (κ2) is 7.98. The van der Waals surface area contributed by atoms with E-state index in [0.717, 1.165) is 12.0 Å². The first-order valence-electron chi connectivity index (χ1n) is 8.20. The van der Waals surface area contributed by atoms with Gasteiger partial charge in [-0.25, -0.2) is 0 Å². The molecule has 5 nitrogen and oxygen atoms in total. The summed E-state index contributed by atoms with van der Waals surface area (Å²) in [5.41, 5.74) is 2.02. The third-order valence-electron chi connectivity index (χ3n) is 3.93. The van der Waals surface area contributed by atoms with Crippen LogP contribution in [0.25, 0.3) is 0 Å². The van der Waals surface area contributed by atoms with Crippen LogP contribution in [0, 0.1) is 0 Å². The maximum absolute atomic E-state index is 11.9. The van der Waals surface area contributed by atoms with Crippen LogP contribution in [0.2, 0.25) is 10.0 Å². The predicted molar refractivity (Wildman–Crippen MR) is 102 cm³/mol. The number of amides is 1. The SMILES string of the molecule is CCc1ccc(C2=NN(C(C)=O)[C@@H](COc3ccc(Cl)cc3Cl)O2)cc1. The van der Waals surface area contributed by atoms with E-state index < -0.39 is 6.23 Å². The van der Waals surface area contributed by atoms with Crippen molar-refractivity contribution in [3.63, 3.8) is 0 Å². The molecule has 1 heterocycles. The van der Waals surface area contributed by atoms with Gasteiger partial charge in [-0.3, -0.25) is 4.79 Å². The van der Waals surface area contributed by atoms with Crippen molar-refractivity contribution in [2.45, 2.75) is 26.5 Å². The molecular weight excluding hydrogens is 375 g/mol. The van der Waals surface area contributed by atoms with Gasteiger partial charge in [0.15, 0.2) is 0 Å². The smallest absolute Gasteiger partial charge is 0.243 e. The molecule has 0 saturated heterocycles. The van der Waals surface area contributed by atoms with Gasteiger partial charge in [0, 0.05) is 17.5 Å². The van der Waals surface area contributed by atoms with E-state index in [1.165, 1.54) is 17.5 Å². The van der Waals surface area contributed by atoms with Crippen LogP contribution < -0.4 is 4.74 Å². The molecule has 1 amide bonds. The number of benzene rings is 2. The van der Waals surface area contributed by atoms with Gasteiger partial charge in [0.2, 0.25) is 18.0 Å². The molecule has 2 aromatic rings. The third kappa shape index (κ3) is 4.11. The molecule has 0 N–H and O–H groups in total. The lowest BCUT2D eigenvalue weighted by Gasteiger charge is -2.19. The second-order valence-electron chi connectivity index (χ2n) is 5.78. The first-order valence-corrected chi connectivity index (χ1v) is 8.95. The molecule has 0 spiro atoms. The van der Waals surface area contributed by atoms with E-state index in [1.54, 1.807) is 18.2 Å². The minimum absolute atomic E-state index is 0.0843. The van der Waals surface area contributed by atoms with E-state index in [4.69, 9.17) is 32.7 Å². The lowest BCUT2D eigenvalue weighted by molar-refractivity contribution is -0.136. The average molecular weight is 393 g/mol. The summed E-state index contributed by atoms with van der Waals surface area (Å²) >= 11 is 12.0. The zero-order valence-electron chi connectivity index (χ0n) is 14.4. The number of carbonyl (C=O) groups is 1. The summed E-state index contributed by atoms with van der Waals surface area (Å²) in [6.07, 6.45) is 0.283. The Morgan fingerprint density at radius 3 is 2.58 bits per heavy atom. The minimum Gasteiger partial charge on any atom is -0.486 e. The highest BCUT2D eigenvalue weighted by Gasteiger charge is 2.32. The van der Waals surface area contributed by atoms with Crippen LogP contribution in [0.5, 0.6) is 5.75 Å². The standard InChI is InChI=1S/C19H18Cl2N2O3/c1-3-13-4-6-14(7-5-13)19-22-23(12(2)24)18(26-19)11-25-17-9-8-15(20)10-16(17)21/h4-10,18H,3,11H2,1-2H3/t18-/m1/s1. The first-order chi connectivity index (χ1) is 12.5. The van der Waals surface area contributed by atoms with Gasteiger partial charge in [-0.15, -0.1) is 5.10 Å². The van der Waals surface area contributed by atoms with Crippen molar-refractivity contribution in [3.05, 3.63) is 63.6 Å². The number of halogens is 2. The number of hydrogen-bond donors (Lipinski definition) is 0. The van der Waals surface area contributed by atoms with Crippen molar-refractivity contribution in [1.29, 1.82) is 0 Å². The zero-order valence-corrected chi connectivity index (χ0v) is 15.9. The minimum atomic E-state index is -0.667. The topological polar surface area (TPSA) is 51.1 Å². The average Bonchev–Trinajstić information content (AvgIpc) is 3.05. The molecule has 0 aliphatic carbocycles. The fourth-order valence-corrected chi connectivity index (χ4v) is 2.97. The Balaban J connectivity index is 1.72. The number of carbonyl (C=O) groups excluding carboxylic acids is 1. The van der Waals surface area contributed by atoms with Crippen molar-refractivity contribution >= 4 is 35.0 Å². The van der Waals surface area contributed by atoms with Gasteiger partial charge < -0.3 is 9.47 Å². The molecule has 1 aliphatic rings. The quantitative estimate of drug-likeness (QED) is 0.752. The van der Waals surface area contributed by atoms with Crippen LogP contribution in [0.1, 0.15) is 25.0 Å². The van der Waals surface area contributed by atoms with E-state index in [1.807, 2.05) is 24.3 Å². The lowest BCUT2D eigenvalue weighted by atomic mass is 10.1. The van der Waals surface area contributed by atoms with Gasteiger partial charge in [-0.1, -0.05) is 42.3 Å². The molecule has 1 aliphatic heterocycles. The fourth-order valence-electron chi connectivity index (χ4n) is 2.50. The third-order valence-corrected chi connectivity index (χ3v) is 4.46. The van der Waals surface area contributed by atoms with Crippen LogP contribution in [0.4, 0.5) is 0 Å².